The van der Waals surface area contributed by atoms with Crippen LogP contribution in [0.25, 0.3) is 5.69 Å². The molecule has 10 heteroatoms. The lowest BCUT2D eigenvalue weighted by atomic mass is 10.0. The normalized spacial score (nSPS) is 14.4. The van der Waals surface area contributed by atoms with E-state index in [2.05, 4.69) is 10.4 Å². The molecule has 0 atom stereocenters. The summed E-state index contributed by atoms with van der Waals surface area (Å²) in [6.45, 7) is 2.79. The SMILES string of the molecule is Cc1ccoc1C(=O)NC1CCN(C(=O)c2ccn(-c3cccc([N+](=O)[O-])c3)n2)CC1. The summed E-state index contributed by atoms with van der Waals surface area (Å²) in [4.78, 5) is 37.3. The molecule has 2 amide bonds. The van der Waals surface area contributed by atoms with Crippen LogP contribution in [0.1, 0.15) is 39.4 Å². The van der Waals surface area contributed by atoms with Crippen LogP contribution in [-0.4, -0.2) is 50.5 Å². The number of nitrogens with zero attached hydrogens (tertiary/aromatic N) is 4. The van der Waals surface area contributed by atoms with E-state index >= 15 is 0 Å². The Hall–Kier alpha value is -3.95. The van der Waals surface area contributed by atoms with E-state index in [9.17, 15) is 19.7 Å². The molecule has 2 aromatic heterocycles. The van der Waals surface area contributed by atoms with Gasteiger partial charge < -0.3 is 14.6 Å². The molecule has 0 unspecified atom stereocenters. The first-order valence-corrected chi connectivity index (χ1v) is 9.87. The smallest absolute Gasteiger partial charge is 0.287 e. The Bertz CT molecular complexity index is 1130. The maximum atomic E-state index is 12.8. The minimum atomic E-state index is -0.477. The average molecular weight is 423 g/mol. The maximum absolute atomic E-state index is 12.8. The Morgan fingerprint density at radius 1 is 1.23 bits per heavy atom. The number of nitro benzene ring substituents is 1. The van der Waals surface area contributed by atoms with Gasteiger partial charge in [-0.05, 0) is 38.0 Å². The minimum absolute atomic E-state index is 0.0384. The molecular weight excluding hydrogens is 402 g/mol. The lowest BCUT2D eigenvalue weighted by Gasteiger charge is -2.31. The summed E-state index contributed by atoms with van der Waals surface area (Å²) in [7, 11) is 0. The Kier molecular flexibility index (Phi) is 5.52. The zero-order valence-corrected chi connectivity index (χ0v) is 16.9. The van der Waals surface area contributed by atoms with Crippen molar-refractivity contribution in [3.63, 3.8) is 0 Å². The third kappa shape index (κ3) is 4.32. The molecule has 3 aromatic rings. The number of aromatic nitrogens is 2. The fraction of sp³-hybridized carbons (Fsp3) is 0.286. The molecule has 10 nitrogen and oxygen atoms in total. The fourth-order valence-corrected chi connectivity index (χ4v) is 3.58. The van der Waals surface area contributed by atoms with Crippen LogP contribution in [-0.2, 0) is 0 Å². The molecule has 1 aromatic carbocycles. The van der Waals surface area contributed by atoms with E-state index in [1.807, 2.05) is 6.92 Å². The van der Waals surface area contributed by atoms with Crippen molar-refractivity contribution in [1.29, 1.82) is 0 Å². The molecule has 0 aliphatic carbocycles. The van der Waals surface area contributed by atoms with E-state index in [4.69, 9.17) is 4.42 Å². The second-order valence-electron chi connectivity index (χ2n) is 7.40. The van der Waals surface area contributed by atoms with E-state index in [1.165, 1.54) is 23.1 Å². The number of nitrogens with one attached hydrogen (secondary N) is 1. The molecule has 1 saturated heterocycles. The van der Waals surface area contributed by atoms with E-state index in [-0.39, 0.29) is 29.2 Å². The van der Waals surface area contributed by atoms with Crippen LogP contribution in [0, 0.1) is 17.0 Å². The quantitative estimate of drug-likeness (QED) is 0.497. The fourth-order valence-electron chi connectivity index (χ4n) is 3.58. The lowest BCUT2D eigenvalue weighted by Crippen LogP contribution is -2.46. The third-order valence-electron chi connectivity index (χ3n) is 5.30. The van der Waals surface area contributed by atoms with Gasteiger partial charge in [-0.15, -0.1) is 0 Å². The number of hydrogen-bond acceptors (Lipinski definition) is 6. The summed E-state index contributed by atoms with van der Waals surface area (Å²) in [6, 6.07) is 9.34. The van der Waals surface area contributed by atoms with Crippen LogP contribution in [0.2, 0.25) is 0 Å². The zero-order chi connectivity index (χ0) is 22.0. The number of likely N-dealkylation sites (tertiary alicyclic amines) is 1. The molecule has 1 aliphatic rings. The number of aryl methyl sites for hydroxylation is 1. The summed E-state index contributed by atoms with van der Waals surface area (Å²) < 4.78 is 6.66. The largest absolute Gasteiger partial charge is 0.459 e. The van der Waals surface area contributed by atoms with Crippen molar-refractivity contribution in [2.24, 2.45) is 0 Å². The predicted molar refractivity (Wildman–Crippen MR) is 110 cm³/mol. The molecule has 0 saturated carbocycles. The molecule has 0 bridgehead atoms. The summed E-state index contributed by atoms with van der Waals surface area (Å²) in [5, 5.41) is 18.2. The van der Waals surface area contributed by atoms with Crippen LogP contribution in [0.4, 0.5) is 5.69 Å². The molecule has 31 heavy (non-hydrogen) atoms. The highest BCUT2D eigenvalue weighted by molar-refractivity contribution is 5.93. The molecule has 0 radical (unpaired) electrons. The monoisotopic (exact) mass is 423 g/mol. The summed E-state index contributed by atoms with van der Waals surface area (Å²) >= 11 is 0. The molecule has 1 fully saturated rings. The zero-order valence-electron chi connectivity index (χ0n) is 16.9. The van der Waals surface area contributed by atoms with Gasteiger partial charge in [0, 0.05) is 43.0 Å². The second-order valence-corrected chi connectivity index (χ2v) is 7.40. The number of rotatable bonds is 5. The van der Waals surface area contributed by atoms with Crippen molar-refractivity contribution in [2.75, 3.05) is 13.1 Å². The number of carbonyl (C=O) groups excluding carboxylic acids is 2. The van der Waals surface area contributed by atoms with Crippen LogP contribution in [0.3, 0.4) is 0 Å². The first-order valence-electron chi connectivity index (χ1n) is 9.87. The number of benzene rings is 1. The van der Waals surface area contributed by atoms with Gasteiger partial charge in [-0.2, -0.15) is 5.10 Å². The first kappa shape index (κ1) is 20.3. The van der Waals surface area contributed by atoms with Gasteiger partial charge in [0.1, 0.15) is 0 Å². The Labute approximate surface area is 177 Å². The van der Waals surface area contributed by atoms with Gasteiger partial charge in [-0.1, -0.05) is 6.07 Å². The van der Waals surface area contributed by atoms with Crippen molar-refractivity contribution in [3.8, 4) is 5.69 Å². The number of nitro groups is 1. The summed E-state index contributed by atoms with van der Waals surface area (Å²) in [5.74, 6) is -0.149. The van der Waals surface area contributed by atoms with Gasteiger partial charge in [-0.3, -0.25) is 19.7 Å². The van der Waals surface area contributed by atoms with E-state index in [0.717, 1.165) is 5.56 Å². The second kappa shape index (κ2) is 8.42. The summed E-state index contributed by atoms with van der Waals surface area (Å²) in [5.41, 5.74) is 1.50. The number of carbonyl (C=O) groups is 2. The Balaban J connectivity index is 1.36. The highest BCUT2D eigenvalue weighted by Crippen LogP contribution is 2.18. The first-order chi connectivity index (χ1) is 14.9. The molecular formula is C21H21N5O5. The molecule has 1 N–H and O–H groups in total. The lowest BCUT2D eigenvalue weighted by molar-refractivity contribution is -0.384. The molecule has 3 heterocycles. The van der Waals surface area contributed by atoms with Gasteiger partial charge in [0.15, 0.2) is 11.5 Å². The average Bonchev–Trinajstić information content (AvgIpc) is 3.43. The van der Waals surface area contributed by atoms with E-state index in [0.29, 0.717) is 37.4 Å². The molecule has 4 rings (SSSR count). The van der Waals surface area contributed by atoms with Gasteiger partial charge in [-0.25, -0.2) is 4.68 Å². The maximum Gasteiger partial charge on any atom is 0.287 e. The number of piperidine rings is 1. The van der Waals surface area contributed by atoms with E-state index in [1.54, 1.807) is 35.4 Å². The van der Waals surface area contributed by atoms with Crippen LogP contribution in [0.5, 0.6) is 0 Å². The Morgan fingerprint density at radius 2 is 2.00 bits per heavy atom. The molecule has 0 spiro atoms. The van der Waals surface area contributed by atoms with Crippen LogP contribution < -0.4 is 5.32 Å². The highest BCUT2D eigenvalue weighted by atomic mass is 16.6. The van der Waals surface area contributed by atoms with Crippen molar-refractivity contribution >= 4 is 17.5 Å². The molecule has 1 aliphatic heterocycles. The number of amides is 2. The number of furan rings is 1. The van der Waals surface area contributed by atoms with Crippen LogP contribution in [0.15, 0.2) is 53.3 Å². The van der Waals surface area contributed by atoms with Crippen molar-refractivity contribution in [1.82, 2.24) is 20.0 Å². The van der Waals surface area contributed by atoms with Crippen LogP contribution >= 0.6 is 0 Å². The third-order valence-corrected chi connectivity index (χ3v) is 5.30. The van der Waals surface area contributed by atoms with Crippen molar-refractivity contribution < 1.29 is 18.9 Å². The summed E-state index contributed by atoms with van der Waals surface area (Å²) in [6.07, 6.45) is 4.34. The standard InChI is InChI=1S/C21H21N5O5/c1-14-8-12-31-19(14)20(27)22-15-5-9-24(10-6-15)21(28)18-7-11-25(23-18)16-3-2-4-17(13-16)26(29)30/h2-4,7-8,11-13,15H,5-6,9-10H2,1H3,(H,22,27). The topological polar surface area (TPSA) is 124 Å². The van der Waals surface area contributed by atoms with Gasteiger partial charge in [0.25, 0.3) is 17.5 Å². The predicted octanol–water partition coefficient (Wildman–Crippen LogP) is 2.72. The van der Waals surface area contributed by atoms with Crippen molar-refractivity contribution in [2.45, 2.75) is 25.8 Å². The van der Waals surface area contributed by atoms with Gasteiger partial charge in [0.2, 0.25) is 0 Å². The molecule has 160 valence electrons. The van der Waals surface area contributed by atoms with E-state index < -0.39 is 4.92 Å². The number of non-ortho nitro benzene ring substituents is 1. The van der Waals surface area contributed by atoms with Gasteiger partial charge in [0.05, 0.1) is 16.9 Å². The highest BCUT2D eigenvalue weighted by Gasteiger charge is 2.27. The Morgan fingerprint density at radius 3 is 2.68 bits per heavy atom. The minimum Gasteiger partial charge on any atom is -0.459 e. The van der Waals surface area contributed by atoms with Crippen molar-refractivity contribution in [3.05, 3.63) is 76.0 Å². The van der Waals surface area contributed by atoms with Gasteiger partial charge >= 0.3 is 0 Å². The number of hydrogen-bond donors (Lipinski definition) is 1.